The summed E-state index contributed by atoms with van der Waals surface area (Å²) in [5.41, 5.74) is 1.97. The molecule has 2 rings (SSSR count). The first-order chi connectivity index (χ1) is 9.53. The van der Waals surface area contributed by atoms with Crippen molar-refractivity contribution in [2.75, 3.05) is 6.61 Å². The fourth-order valence-corrected chi connectivity index (χ4v) is 2.53. The number of rotatable bonds is 4. The molecule has 0 fully saturated rings. The highest BCUT2D eigenvalue weighted by molar-refractivity contribution is 7.89. The van der Waals surface area contributed by atoms with Crippen molar-refractivity contribution >= 4 is 26.9 Å². The molecule has 0 saturated carbocycles. The summed E-state index contributed by atoms with van der Waals surface area (Å²) in [5.74, 6) is 0. The molecule has 0 bridgehead atoms. The minimum atomic E-state index is -3.83. The van der Waals surface area contributed by atoms with Crippen molar-refractivity contribution in [1.29, 1.82) is 0 Å². The van der Waals surface area contributed by atoms with Crippen LogP contribution < -0.4 is 10.3 Å². The number of sulfonamides is 1. The van der Waals surface area contributed by atoms with Gasteiger partial charge in [-0.3, -0.25) is 0 Å². The van der Waals surface area contributed by atoms with E-state index >= 15 is 0 Å². The molecule has 0 aliphatic heterocycles. The molecular formula is C13H14N2O4S. The molecule has 0 aliphatic rings. The molecule has 0 aromatic heterocycles. The monoisotopic (exact) mass is 294 g/mol. The van der Waals surface area contributed by atoms with E-state index in [4.69, 9.17) is 0 Å². The van der Waals surface area contributed by atoms with Crippen molar-refractivity contribution in [3.05, 3.63) is 42.5 Å². The quantitative estimate of drug-likeness (QED) is 0.842. The third-order valence-corrected chi connectivity index (χ3v) is 3.84. The van der Waals surface area contributed by atoms with Gasteiger partial charge in [0.05, 0.1) is 11.5 Å². The van der Waals surface area contributed by atoms with Gasteiger partial charge in [0.1, 0.15) is 0 Å². The lowest BCUT2D eigenvalue weighted by Gasteiger charge is -2.09. The molecule has 6 nitrogen and oxygen atoms in total. The molecule has 2 aromatic rings. The first-order valence-electron chi connectivity index (χ1n) is 5.96. The van der Waals surface area contributed by atoms with Crippen LogP contribution in [0.2, 0.25) is 0 Å². The van der Waals surface area contributed by atoms with Crippen molar-refractivity contribution < 1.29 is 17.9 Å². The third kappa shape index (κ3) is 3.25. The minimum Gasteiger partial charge on any atom is -0.449 e. The standard InChI is InChI=1S/C13H14N2O4S/c1-2-19-13(16)14-15-20(17,18)12-8-7-10-5-3-4-6-11(10)9-12/h3-9,15H,2H2,1H3,(H,14,16). The Bertz CT molecular complexity index is 728. The highest BCUT2D eigenvalue weighted by Gasteiger charge is 2.15. The van der Waals surface area contributed by atoms with Crippen molar-refractivity contribution in [2.45, 2.75) is 11.8 Å². The molecule has 0 unspecified atom stereocenters. The van der Waals surface area contributed by atoms with Crippen LogP contribution in [0.1, 0.15) is 6.92 Å². The Morgan fingerprint density at radius 1 is 1.15 bits per heavy atom. The van der Waals surface area contributed by atoms with Gasteiger partial charge in [0.25, 0.3) is 10.0 Å². The number of hydrogen-bond donors (Lipinski definition) is 2. The largest absolute Gasteiger partial charge is 0.449 e. The van der Waals surface area contributed by atoms with Crippen molar-refractivity contribution in [2.24, 2.45) is 0 Å². The third-order valence-electron chi connectivity index (χ3n) is 2.59. The zero-order chi connectivity index (χ0) is 14.6. The number of fused-ring (bicyclic) bond motifs is 1. The summed E-state index contributed by atoms with van der Waals surface area (Å²) in [4.78, 5) is 13.1. The van der Waals surface area contributed by atoms with E-state index in [2.05, 4.69) is 4.74 Å². The molecule has 0 heterocycles. The average Bonchev–Trinajstić information content (AvgIpc) is 2.45. The maximum Gasteiger partial charge on any atom is 0.422 e. The van der Waals surface area contributed by atoms with Crippen LogP contribution in [-0.2, 0) is 14.8 Å². The predicted molar refractivity (Wildman–Crippen MR) is 74.4 cm³/mol. The summed E-state index contributed by atoms with van der Waals surface area (Å²) in [5, 5.41) is 1.73. The minimum absolute atomic E-state index is 0.0630. The van der Waals surface area contributed by atoms with E-state index in [1.165, 1.54) is 12.1 Å². The number of amides is 1. The number of benzene rings is 2. The maximum atomic E-state index is 12.0. The number of nitrogens with one attached hydrogen (secondary N) is 2. The molecular weight excluding hydrogens is 280 g/mol. The Labute approximate surface area is 116 Å². The van der Waals surface area contributed by atoms with Crippen LogP contribution >= 0.6 is 0 Å². The molecule has 106 valence electrons. The van der Waals surface area contributed by atoms with Crippen LogP contribution in [0, 0.1) is 0 Å². The van der Waals surface area contributed by atoms with E-state index < -0.39 is 16.1 Å². The van der Waals surface area contributed by atoms with Crippen molar-refractivity contribution in [3.63, 3.8) is 0 Å². The fourth-order valence-electron chi connectivity index (χ4n) is 1.67. The van der Waals surface area contributed by atoms with E-state index in [1.807, 2.05) is 34.5 Å². The zero-order valence-electron chi connectivity index (χ0n) is 10.8. The predicted octanol–water partition coefficient (Wildman–Crippen LogP) is 1.78. The van der Waals surface area contributed by atoms with Gasteiger partial charge < -0.3 is 4.74 Å². The molecule has 0 radical (unpaired) electrons. The van der Waals surface area contributed by atoms with Gasteiger partial charge >= 0.3 is 6.09 Å². The van der Waals surface area contributed by atoms with Crippen LogP contribution in [0.25, 0.3) is 10.8 Å². The number of hydrazine groups is 1. The topological polar surface area (TPSA) is 84.5 Å². The highest BCUT2D eigenvalue weighted by atomic mass is 32.2. The number of carbonyl (C=O) groups is 1. The smallest absolute Gasteiger partial charge is 0.422 e. The molecule has 1 amide bonds. The van der Waals surface area contributed by atoms with Crippen LogP contribution in [0.3, 0.4) is 0 Å². The lowest BCUT2D eigenvalue weighted by molar-refractivity contribution is 0.150. The lowest BCUT2D eigenvalue weighted by atomic mass is 10.1. The van der Waals surface area contributed by atoms with Gasteiger partial charge in [0.15, 0.2) is 0 Å². The van der Waals surface area contributed by atoms with E-state index in [0.717, 1.165) is 10.8 Å². The second kappa shape index (κ2) is 5.89. The fraction of sp³-hybridized carbons (Fsp3) is 0.154. The number of ether oxygens (including phenoxy) is 1. The molecule has 0 saturated heterocycles. The van der Waals surface area contributed by atoms with Crippen molar-refractivity contribution in [3.8, 4) is 0 Å². The Morgan fingerprint density at radius 3 is 2.55 bits per heavy atom. The number of hydrogen-bond acceptors (Lipinski definition) is 4. The number of carbonyl (C=O) groups excluding carboxylic acids is 1. The lowest BCUT2D eigenvalue weighted by Crippen LogP contribution is -2.41. The Morgan fingerprint density at radius 2 is 1.85 bits per heavy atom. The van der Waals surface area contributed by atoms with Gasteiger partial charge in [-0.1, -0.05) is 30.3 Å². The van der Waals surface area contributed by atoms with E-state index in [9.17, 15) is 13.2 Å². The molecule has 0 atom stereocenters. The highest BCUT2D eigenvalue weighted by Crippen LogP contribution is 2.18. The van der Waals surface area contributed by atoms with Gasteiger partial charge in [0.2, 0.25) is 0 Å². The normalized spacial score (nSPS) is 11.2. The summed E-state index contributed by atoms with van der Waals surface area (Å²) < 4.78 is 28.6. The van der Waals surface area contributed by atoms with Gasteiger partial charge in [0, 0.05) is 0 Å². The first-order valence-corrected chi connectivity index (χ1v) is 7.44. The molecule has 0 aliphatic carbocycles. The van der Waals surface area contributed by atoms with Crippen LogP contribution in [0.5, 0.6) is 0 Å². The van der Waals surface area contributed by atoms with Crippen LogP contribution in [0.15, 0.2) is 47.4 Å². The SMILES string of the molecule is CCOC(=O)NNS(=O)(=O)c1ccc2ccccc2c1. The van der Waals surface area contributed by atoms with Gasteiger partial charge in [-0.15, -0.1) is 4.83 Å². The van der Waals surface area contributed by atoms with Gasteiger partial charge in [-0.25, -0.2) is 18.6 Å². The van der Waals surface area contributed by atoms with Crippen LogP contribution in [0.4, 0.5) is 4.79 Å². The van der Waals surface area contributed by atoms with E-state index in [0.29, 0.717) is 0 Å². The first kappa shape index (κ1) is 14.3. The Hall–Kier alpha value is -2.12. The summed E-state index contributed by atoms with van der Waals surface area (Å²) >= 11 is 0. The Balaban J connectivity index is 2.21. The summed E-state index contributed by atoms with van der Waals surface area (Å²) in [6.07, 6.45) is -0.850. The zero-order valence-corrected chi connectivity index (χ0v) is 11.6. The van der Waals surface area contributed by atoms with E-state index in [1.54, 1.807) is 13.0 Å². The second-order valence-corrected chi connectivity index (χ2v) is 5.64. The van der Waals surface area contributed by atoms with Gasteiger partial charge in [-0.05, 0) is 29.8 Å². The molecule has 2 aromatic carbocycles. The molecule has 2 N–H and O–H groups in total. The van der Waals surface area contributed by atoms with E-state index in [-0.39, 0.29) is 11.5 Å². The van der Waals surface area contributed by atoms with Crippen molar-refractivity contribution in [1.82, 2.24) is 10.3 Å². The summed E-state index contributed by atoms with van der Waals surface area (Å²) in [6.45, 7) is 1.78. The molecule has 20 heavy (non-hydrogen) atoms. The summed E-state index contributed by atoms with van der Waals surface area (Å²) in [7, 11) is -3.83. The molecule has 7 heteroatoms. The Kier molecular flexibility index (Phi) is 4.21. The molecule has 0 spiro atoms. The maximum absolute atomic E-state index is 12.0. The average molecular weight is 294 g/mol. The second-order valence-electron chi connectivity index (χ2n) is 3.96. The summed E-state index contributed by atoms with van der Waals surface area (Å²) in [6, 6.07) is 12.1. The van der Waals surface area contributed by atoms with Gasteiger partial charge in [-0.2, -0.15) is 0 Å². The van der Waals surface area contributed by atoms with Crippen LogP contribution in [-0.4, -0.2) is 21.1 Å².